The summed E-state index contributed by atoms with van der Waals surface area (Å²) in [5.41, 5.74) is 0. The van der Waals surface area contributed by atoms with Crippen molar-refractivity contribution in [3.63, 3.8) is 0 Å². The molecule has 1 radical (unpaired) electrons. The van der Waals surface area contributed by atoms with Crippen molar-refractivity contribution < 1.29 is 0 Å². The monoisotopic (exact) mass is 141 g/mol. The molecule has 0 aliphatic rings. The fourth-order valence-electron chi connectivity index (χ4n) is 1.33. The van der Waals surface area contributed by atoms with Gasteiger partial charge in [-0.1, -0.05) is 40.5 Å². The Labute approximate surface area is 66.0 Å². The summed E-state index contributed by atoms with van der Waals surface area (Å²) >= 11 is 0. The first-order valence-corrected chi connectivity index (χ1v) is 4.42. The van der Waals surface area contributed by atoms with Crippen LogP contribution in [0.15, 0.2) is 0 Å². The zero-order valence-electron chi connectivity index (χ0n) is 7.85. The molecule has 0 bridgehead atoms. The molecule has 0 aromatic heterocycles. The maximum Gasteiger partial charge on any atom is -0.0365 e. The zero-order valence-corrected chi connectivity index (χ0v) is 7.85. The average Bonchev–Trinajstić information content (AvgIpc) is 1.87. The van der Waals surface area contributed by atoms with Gasteiger partial charge in [0.2, 0.25) is 0 Å². The Morgan fingerprint density at radius 2 is 1.70 bits per heavy atom. The number of rotatable bonds is 4. The van der Waals surface area contributed by atoms with E-state index in [1.807, 2.05) is 0 Å². The number of hydrogen-bond donors (Lipinski definition) is 0. The predicted octanol–water partition coefficient (Wildman–Crippen LogP) is 3.53. The SMILES string of the molecule is [CH2]C(C(C)C)C(C)CCC. The first kappa shape index (κ1) is 10.0. The van der Waals surface area contributed by atoms with Gasteiger partial charge in [-0.05, 0) is 24.7 Å². The van der Waals surface area contributed by atoms with E-state index in [1.165, 1.54) is 12.8 Å². The summed E-state index contributed by atoms with van der Waals surface area (Å²) in [5.74, 6) is 2.17. The molecule has 0 heterocycles. The third kappa shape index (κ3) is 3.24. The van der Waals surface area contributed by atoms with Crippen LogP contribution in [-0.2, 0) is 0 Å². The Bertz CT molecular complexity index is 74.1. The minimum Gasteiger partial charge on any atom is -0.0654 e. The van der Waals surface area contributed by atoms with Gasteiger partial charge >= 0.3 is 0 Å². The molecule has 0 N–H and O–H groups in total. The third-order valence-electron chi connectivity index (χ3n) is 2.33. The highest BCUT2D eigenvalue weighted by atomic mass is 14.2. The lowest BCUT2D eigenvalue weighted by molar-refractivity contribution is 0.312. The van der Waals surface area contributed by atoms with Crippen molar-refractivity contribution in [2.45, 2.75) is 40.5 Å². The summed E-state index contributed by atoms with van der Waals surface area (Å²) in [7, 11) is 0. The Balaban J connectivity index is 3.58. The van der Waals surface area contributed by atoms with Crippen LogP contribution in [0.2, 0.25) is 0 Å². The van der Waals surface area contributed by atoms with E-state index < -0.39 is 0 Å². The van der Waals surface area contributed by atoms with Gasteiger partial charge in [0.25, 0.3) is 0 Å². The molecule has 0 nitrogen and oxygen atoms in total. The van der Waals surface area contributed by atoms with E-state index in [0.717, 1.165) is 11.8 Å². The van der Waals surface area contributed by atoms with Crippen LogP contribution in [0.3, 0.4) is 0 Å². The van der Waals surface area contributed by atoms with Gasteiger partial charge in [-0.3, -0.25) is 0 Å². The smallest absolute Gasteiger partial charge is 0.0365 e. The van der Waals surface area contributed by atoms with Crippen molar-refractivity contribution in [3.05, 3.63) is 6.92 Å². The molecular formula is C10H21. The van der Waals surface area contributed by atoms with E-state index in [2.05, 4.69) is 34.6 Å². The molecule has 0 aliphatic carbocycles. The molecule has 0 fully saturated rings. The summed E-state index contributed by atoms with van der Waals surface area (Å²) in [6.07, 6.45) is 2.62. The molecular weight excluding hydrogens is 120 g/mol. The molecule has 0 saturated heterocycles. The van der Waals surface area contributed by atoms with Crippen molar-refractivity contribution in [3.8, 4) is 0 Å². The molecule has 0 saturated carbocycles. The van der Waals surface area contributed by atoms with Gasteiger partial charge in [0.15, 0.2) is 0 Å². The lowest BCUT2D eigenvalue weighted by Gasteiger charge is -2.22. The molecule has 61 valence electrons. The summed E-state index contributed by atoms with van der Waals surface area (Å²) in [6.45, 7) is 13.2. The van der Waals surface area contributed by atoms with Gasteiger partial charge in [-0.25, -0.2) is 0 Å². The molecule has 0 spiro atoms. The van der Waals surface area contributed by atoms with Crippen molar-refractivity contribution in [2.24, 2.45) is 17.8 Å². The molecule has 0 amide bonds. The second-order valence-corrected chi connectivity index (χ2v) is 3.67. The first-order chi connectivity index (χ1) is 4.59. The molecule has 0 aliphatic heterocycles. The average molecular weight is 141 g/mol. The van der Waals surface area contributed by atoms with Crippen molar-refractivity contribution >= 4 is 0 Å². The molecule has 0 aromatic rings. The van der Waals surface area contributed by atoms with Crippen LogP contribution in [0.4, 0.5) is 0 Å². The minimum absolute atomic E-state index is 0.639. The highest BCUT2D eigenvalue weighted by molar-refractivity contribution is 4.70. The Morgan fingerprint density at radius 1 is 1.20 bits per heavy atom. The van der Waals surface area contributed by atoms with Crippen molar-refractivity contribution in [2.75, 3.05) is 0 Å². The second-order valence-electron chi connectivity index (χ2n) is 3.67. The van der Waals surface area contributed by atoms with E-state index in [9.17, 15) is 0 Å². The van der Waals surface area contributed by atoms with Gasteiger partial charge in [0.1, 0.15) is 0 Å². The standard InChI is InChI=1S/C10H21/c1-6-7-9(4)10(5)8(2)3/h8-10H,5-7H2,1-4H3. The summed E-state index contributed by atoms with van der Waals surface area (Å²) < 4.78 is 0. The fraction of sp³-hybridized carbons (Fsp3) is 0.900. The quantitative estimate of drug-likeness (QED) is 0.562. The fourth-order valence-corrected chi connectivity index (χ4v) is 1.33. The lowest BCUT2D eigenvalue weighted by Crippen LogP contribution is -2.14. The maximum absolute atomic E-state index is 4.16. The third-order valence-corrected chi connectivity index (χ3v) is 2.33. The van der Waals surface area contributed by atoms with Crippen LogP contribution in [0.1, 0.15) is 40.5 Å². The minimum atomic E-state index is 0.639. The Morgan fingerprint density at radius 3 is 2.00 bits per heavy atom. The van der Waals surface area contributed by atoms with Crippen LogP contribution in [-0.4, -0.2) is 0 Å². The van der Waals surface area contributed by atoms with E-state index in [-0.39, 0.29) is 0 Å². The second kappa shape index (κ2) is 4.76. The lowest BCUT2D eigenvalue weighted by atomic mass is 9.84. The van der Waals surface area contributed by atoms with Gasteiger partial charge in [0, 0.05) is 0 Å². The molecule has 0 heteroatoms. The predicted molar refractivity (Wildman–Crippen MR) is 47.8 cm³/mol. The van der Waals surface area contributed by atoms with Gasteiger partial charge in [0.05, 0.1) is 0 Å². The van der Waals surface area contributed by atoms with Gasteiger partial charge in [-0.15, -0.1) is 0 Å². The highest BCUT2D eigenvalue weighted by Crippen LogP contribution is 2.22. The Kier molecular flexibility index (Phi) is 4.76. The highest BCUT2D eigenvalue weighted by Gasteiger charge is 2.14. The summed E-state index contributed by atoms with van der Waals surface area (Å²) in [4.78, 5) is 0. The number of hydrogen-bond acceptors (Lipinski definition) is 0. The van der Waals surface area contributed by atoms with Gasteiger partial charge < -0.3 is 0 Å². The molecule has 0 aromatic carbocycles. The summed E-state index contributed by atoms with van der Waals surface area (Å²) in [5, 5.41) is 0. The first-order valence-electron chi connectivity index (χ1n) is 4.42. The zero-order chi connectivity index (χ0) is 8.15. The van der Waals surface area contributed by atoms with Crippen LogP contribution >= 0.6 is 0 Å². The molecule has 2 unspecified atom stereocenters. The molecule has 2 atom stereocenters. The van der Waals surface area contributed by atoms with Crippen LogP contribution in [0, 0.1) is 24.7 Å². The van der Waals surface area contributed by atoms with Crippen LogP contribution < -0.4 is 0 Å². The normalized spacial score (nSPS) is 17.4. The van der Waals surface area contributed by atoms with E-state index in [0.29, 0.717) is 5.92 Å². The van der Waals surface area contributed by atoms with E-state index in [1.54, 1.807) is 0 Å². The molecule has 0 rings (SSSR count). The summed E-state index contributed by atoms with van der Waals surface area (Å²) in [6, 6.07) is 0. The Hall–Kier alpha value is 0. The van der Waals surface area contributed by atoms with E-state index >= 15 is 0 Å². The molecule has 10 heavy (non-hydrogen) atoms. The van der Waals surface area contributed by atoms with Gasteiger partial charge in [-0.2, -0.15) is 0 Å². The topological polar surface area (TPSA) is 0 Å². The van der Waals surface area contributed by atoms with Crippen LogP contribution in [0.5, 0.6) is 0 Å². The van der Waals surface area contributed by atoms with Crippen molar-refractivity contribution in [1.82, 2.24) is 0 Å². The van der Waals surface area contributed by atoms with Crippen LogP contribution in [0.25, 0.3) is 0 Å². The maximum atomic E-state index is 4.16. The van der Waals surface area contributed by atoms with E-state index in [4.69, 9.17) is 0 Å². The largest absolute Gasteiger partial charge is 0.0654 e. The van der Waals surface area contributed by atoms with Crippen molar-refractivity contribution in [1.29, 1.82) is 0 Å².